The molecule has 0 aromatic heterocycles. The largest absolute Gasteiger partial charge is 0.367 e. The lowest BCUT2D eigenvalue weighted by atomic mass is 9.86. The average molecular weight is 551 g/mol. The zero-order valence-corrected chi connectivity index (χ0v) is 21.1. The van der Waals surface area contributed by atoms with Crippen LogP contribution in [0.25, 0.3) is 0 Å². The van der Waals surface area contributed by atoms with E-state index >= 15 is 0 Å². The van der Waals surface area contributed by atoms with E-state index in [1.54, 1.807) is 18.2 Å². The van der Waals surface area contributed by atoms with Crippen LogP contribution in [0.15, 0.2) is 59.1 Å². The number of hydrogen-bond acceptors (Lipinski definition) is 5. The number of halogens is 5. The van der Waals surface area contributed by atoms with Gasteiger partial charge in [-0.2, -0.15) is 0 Å². The van der Waals surface area contributed by atoms with E-state index in [0.29, 0.717) is 35.1 Å². The molecule has 11 heteroatoms. The number of rotatable bonds is 6. The number of alkyl halides is 2. The van der Waals surface area contributed by atoms with Crippen molar-refractivity contribution >= 4 is 44.6 Å². The standard InChI is InChI=1S/C23H24Cl3F2N3O2S/c24-15-3-1-13(2-4-15)7-17-8-14(10-21(27)28)9-19-23(30-22(29)12-31(17)19)34(32,33)20-6-5-16(25)11-18(20)26/h1-6,9,11,14,17,21-23,30H,7-8,10,12,29H2. The van der Waals surface area contributed by atoms with Crippen molar-refractivity contribution in [3.8, 4) is 0 Å². The van der Waals surface area contributed by atoms with E-state index in [2.05, 4.69) is 5.32 Å². The number of fused-ring (bicyclic) bond motifs is 1. The van der Waals surface area contributed by atoms with Gasteiger partial charge in [-0.15, -0.1) is 0 Å². The Morgan fingerprint density at radius 2 is 1.76 bits per heavy atom. The third kappa shape index (κ3) is 5.53. The number of allylic oxidation sites excluding steroid dienone is 1. The van der Waals surface area contributed by atoms with Gasteiger partial charge in [0.1, 0.15) is 0 Å². The molecule has 0 bridgehead atoms. The van der Waals surface area contributed by atoms with Crippen molar-refractivity contribution in [2.75, 3.05) is 6.54 Å². The van der Waals surface area contributed by atoms with E-state index in [0.717, 1.165) is 5.56 Å². The fourth-order valence-corrected chi connectivity index (χ4v) is 7.28. The molecule has 1 fully saturated rings. The summed E-state index contributed by atoms with van der Waals surface area (Å²) >= 11 is 18.2. The van der Waals surface area contributed by atoms with Crippen LogP contribution < -0.4 is 11.1 Å². The average Bonchev–Trinajstić information content (AvgIpc) is 2.74. The van der Waals surface area contributed by atoms with Crippen molar-refractivity contribution < 1.29 is 17.2 Å². The Labute approximate surface area is 212 Å². The van der Waals surface area contributed by atoms with Crippen LogP contribution in [-0.4, -0.2) is 43.9 Å². The van der Waals surface area contributed by atoms with Gasteiger partial charge in [-0.05, 0) is 54.7 Å². The lowest BCUT2D eigenvalue weighted by molar-refractivity contribution is 0.0951. The maximum Gasteiger partial charge on any atom is 0.239 e. The van der Waals surface area contributed by atoms with Crippen LogP contribution in [0.2, 0.25) is 15.1 Å². The summed E-state index contributed by atoms with van der Waals surface area (Å²) in [5.74, 6) is -0.488. The van der Waals surface area contributed by atoms with Gasteiger partial charge in [0.05, 0.1) is 16.1 Å². The first-order chi connectivity index (χ1) is 16.0. The number of hydrogen-bond donors (Lipinski definition) is 2. The monoisotopic (exact) mass is 549 g/mol. The van der Waals surface area contributed by atoms with Gasteiger partial charge in [0.15, 0.2) is 5.37 Å². The zero-order chi connectivity index (χ0) is 24.6. The third-order valence-corrected chi connectivity index (χ3v) is 9.04. The molecule has 0 saturated carbocycles. The summed E-state index contributed by atoms with van der Waals surface area (Å²) in [5, 5.41) is 2.59. The fraction of sp³-hybridized carbons (Fsp3) is 0.391. The van der Waals surface area contributed by atoms with Gasteiger partial charge in [-0.3, -0.25) is 5.32 Å². The van der Waals surface area contributed by atoms with Gasteiger partial charge in [0, 0.05) is 34.7 Å². The van der Waals surface area contributed by atoms with E-state index < -0.39 is 33.7 Å². The second-order valence-electron chi connectivity index (χ2n) is 8.62. The minimum absolute atomic E-state index is 0.0155. The summed E-state index contributed by atoms with van der Waals surface area (Å²) < 4.78 is 54.0. The molecule has 0 amide bonds. The molecule has 0 aliphatic carbocycles. The van der Waals surface area contributed by atoms with Gasteiger partial charge in [-0.25, -0.2) is 17.2 Å². The van der Waals surface area contributed by atoms with Crippen molar-refractivity contribution in [2.45, 2.75) is 48.2 Å². The zero-order valence-electron chi connectivity index (χ0n) is 18.0. The fourth-order valence-electron chi connectivity index (χ4n) is 4.69. The molecule has 184 valence electrons. The van der Waals surface area contributed by atoms with E-state index in [1.807, 2.05) is 17.0 Å². The predicted molar refractivity (Wildman–Crippen MR) is 131 cm³/mol. The quantitative estimate of drug-likeness (QED) is 0.523. The minimum atomic E-state index is -4.06. The molecule has 2 aliphatic heterocycles. The van der Waals surface area contributed by atoms with Crippen molar-refractivity contribution in [3.05, 3.63) is 74.9 Å². The molecule has 5 nitrogen and oxygen atoms in total. The summed E-state index contributed by atoms with van der Waals surface area (Å²) in [4.78, 5) is 1.83. The molecule has 34 heavy (non-hydrogen) atoms. The normalized spacial score (nSPS) is 25.3. The Bertz CT molecular complexity index is 1180. The first kappa shape index (κ1) is 25.7. The van der Waals surface area contributed by atoms with Crippen LogP contribution >= 0.6 is 34.8 Å². The Morgan fingerprint density at radius 1 is 1.09 bits per heavy atom. The minimum Gasteiger partial charge on any atom is -0.367 e. The van der Waals surface area contributed by atoms with Crippen molar-refractivity contribution in [2.24, 2.45) is 11.7 Å². The molecule has 1 saturated heterocycles. The molecule has 2 aromatic rings. The summed E-state index contributed by atoms with van der Waals surface area (Å²) in [5.41, 5.74) is 7.61. The molecule has 4 rings (SSSR count). The first-order valence-corrected chi connectivity index (χ1v) is 13.4. The topological polar surface area (TPSA) is 75.4 Å². The SMILES string of the molecule is NC1CN2C(=CC(CC(F)F)CC2Cc2ccc(Cl)cc2)C(S(=O)(=O)c2ccc(Cl)cc2Cl)N1. The molecule has 3 N–H and O–H groups in total. The van der Waals surface area contributed by atoms with Gasteiger partial charge >= 0.3 is 0 Å². The lowest BCUT2D eigenvalue weighted by Gasteiger charge is -2.48. The number of nitrogens with one attached hydrogen (secondary N) is 1. The molecule has 0 spiro atoms. The van der Waals surface area contributed by atoms with Gasteiger partial charge in [0.25, 0.3) is 0 Å². The maximum atomic E-state index is 13.7. The summed E-state index contributed by atoms with van der Waals surface area (Å²) in [7, 11) is -4.06. The third-order valence-electron chi connectivity index (χ3n) is 6.16. The molecule has 0 radical (unpaired) electrons. The Kier molecular flexibility index (Phi) is 7.77. The first-order valence-electron chi connectivity index (χ1n) is 10.8. The van der Waals surface area contributed by atoms with Crippen molar-refractivity contribution in [1.29, 1.82) is 0 Å². The smallest absolute Gasteiger partial charge is 0.239 e. The van der Waals surface area contributed by atoms with E-state index in [4.69, 9.17) is 40.5 Å². The second-order valence-corrected chi connectivity index (χ2v) is 11.9. The molecular formula is C23H24Cl3F2N3O2S. The molecule has 2 aromatic carbocycles. The maximum absolute atomic E-state index is 13.7. The molecule has 4 atom stereocenters. The Morgan fingerprint density at radius 3 is 2.41 bits per heavy atom. The number of sulfone groups is 1. The summed E-state index contributed by atoms with van der Waals surface area (Å²) in [6.07, 6.45) is -0.871. The Balaban J connectivity index is 1.74. The summed E-state index contributed by atoms with van der Waals surface area (Å²) in [6.45, 7) is 0.339. The highest BCUT2D eigenvalue weighted by Gasteiger charge is 2.44. The van der Waals surface area contributed by atoms with Gasteiger partial charge in [-0.1, -0.05) is 53.0 Å². The van der Waals surface area contributed by atoms with Crippen LogP contribution in [0.3, 0.4) is 0 Å². The molecule has 2 aliphatic rings. The predicted octanol–water partition coefficient (Wildman–Crippen LogP) is 5.11. The molecule has 4 unspecified atom stereocenters. The highest BCUT2D eigenvalue weighted by atomic mass is 35.5. The van der Waals surface area contributed by atoms with Crippen LogP contribution in [0.4, 0.5) is 8.78 Å². The van der Waals surface area contributed by atoms with Crippen LogP contribution in [0.1, 0.15) is 18.4 Å². The molecular weight excluding hydrogens is 527 g/mol. The lowest BCUT2D eigenvalue weighted by Crippen LogP contribution is -2.64. The number of piperazine rings is 1. The van der Waals surface area contributed by atoms with Gasteiger partial charge < -0.3 is 10.6 Å². The van der Waals surface area contributed by atoms with Crippen LogP contribution in [0, 0.1) is 5.92 Å². The second kappa shape index (κ2) is 10.3. The number of nitrogens with two attached hydrogens (primary N) is 1. The van der Waals surface area contributed by atoms with Crippen molar-refractivity contribution in [1.82, 2.24) is 10.2 Å². The van der Waals surface area contributed by atoms with Gasteiger partial charge in [0.2, 0.25) is 16.3 Å². The Hall–Kier alpha value is -1.42. The number of nitrogens with zero attached hydrogens (tertiary/aromatic N) is 1. The highest BCUT2D eigenvalue weighted by Crippen LogP contribution is 2.38. The van der Waals surface area contributed by atoms with Crippen LogP contribution in [-0.2, 0) is 16.3 Å². The van der Waals surface area contributed by atoms with E-state index in [1.165, 1.54) is 18.2 Å². The highest BCUT2D eigenvalue weighted by molar-refractivity contribution is 7.92. The summed E-state index contributed by atoms with van der Waals surface area (Å²) in [6, 6.07) is 11.2. The van der Waals surface area contributed by atoms with Crippen LogP contribution in [0.5, 0.6) is 0 Å². The molecule has 2 heterocycles. The van der Waals surface area contributed by atoms with E-state index in [-0.39, 0.29) is 22.4 Å². The number of benzene rings is 2. The van der Waals surface area contributed by atoms with Crippen molar-refractivity contribution in [3.63, 3.8) is 0 Å². The van der Waals surface area contributed by atoms with E-state index in [9.17, 15) is 17.2 Å².